The molecule has 1 N–H and O–H groups in total. The summed E-state index contributed by atoms with van der Waals surface area (Å²) in [5.74, 6) is 0.289. The molecule has 0 aliphatic carbocycles. The number of hydrogen-bond donors (Lipinski definition) is 1. The highest BCUT2D eigenvalue weighted by atomic mass is 127. The second kappa shape index (κ2) is 3.97. The van der Waals surface area contributed by atoms with Crippen LogP contribution in [-0.2, 0) is 6.18 Å². The van der Waals surface area contributed by atoms with Crippen LogP contribution in [0, 0.1) is 10.5 Å². The molecule has 17 heavy (non-hydrogen) atoms. The summed E-state index contributed by atoms with van der Waals surface area (Å²) in [6.45, 7) is 1.52. The third kappa shape index (κ3) is 2.28. The monoisotopic (exact) mass is 354 g/mol. The molecule has 0 aliphatic rings. The lowest BCUT2D eigenvalue weighted by Crippen LogP contribution is -2.13. The van der Waals surface area contributed by atoms with Crippen LogP contribution in [0.1, 0.15) is 11.4 Å². The van der Waals surface area contributed by atoms with Crippen LogP contribution in [-0.4, -0.2) is 9.97 Å². The molecule has 0 aliphatic heterocycles. The van der Waals surface area contributed by atoms with E-state index in [-0.39, 0.29) is 20.3 Å². The Balaban J connectivity index is 2.86. The van der Waals surface area contributed by atoms with Gasteiger partial charge in [0.1, 0.15) is 5.82 Å². The van der Waals surface area contributed by atoms with Crippen molar-refractivity contribution >= 4 is 33.5 Å². The number of nitrogens with zero attached hydrogens (tertiary/aromatic N) is 1. The van der Waals surface area contributed by atoms with E-state index in [0.717, 1.165) is 6.07 Å². The summed E-state index contributed by atoms with van der Waals surface area (Å²) in [6.07, 6.45) is -4.44. The maximum absolute atomic E-state index is 12.7. The Labute approximate surface area is 107 Å². The molecule has 0 spiro atoms. The van der Waals surface area contributed by atoms with Crippen molar-refractivity contribution in [3.8, 4) is 0 Å². The summed E-state index contributed by atoms with van der Waals surface area (Å²) < 4.78 is 38.0. The van der Waals surface area contributed by atoms with E-state index in [9.17, 15) is 18.0 Å². The van der Waals surface area contributed by atoms with Crippen LogP contribution >= 0.6 is 22.6 Å². The first-order valence-electron chi connectivity index (χ1n) is 4.56. The summed E-state index contributed by atoms with van der Waals surface area (Å²) in [5.41, 5.74) is -1.15. The standard InChI is InChI=1S/C10H6F3IN2O/c1-4-15-8-3-6(10(11,12)13)7(14)2-5(8)9(17)16-4/h2-3H,1H3,(H,15,16,17). The van der Waals surface area contributed by atoms with Crippen molar-refractivity contribution in [1.29, 1.82) is 0 Å². The largest absolute Gasteiger partial charge is 0.417 e. The Morgan fingerprint density at radius 1 is 1.35 bits per heavy atom. The number of aromatic nitrogens is 2. The first kappa shape index (κ1) is 12.3. The molecule has 0 atom stereocenters. The molecule has 1 aromatic carbocycles. The molecule has 2 rings (SSSR count). The fraction of sp³-hybridized carbons (Fsp3) is 0.200. The number of aromatic amines is 1. The van der Waals surface area contributed by atoms with Gasteiger partial charge in [-0.15, -0.1) is 0 Å². The minimum Gasteiger partial charge on any atom is -0.310 e. The molecule has 7 heteroatoms. The Morgan fingerprint density at radius 3 is 2.59 bits per heavy atom. The van der Waals surface area contributed by atoms with Crippen LogP contribution in [0.3, 0.4) is 0 Å². The van der Waals surface area contributed by atoms with Crippen molar-refractivity contribution in [2.75, 3.05) is 0 Å². The number of alkyl halides is 3. The van der Waals surface area contributed by atoms with Gasteiger partial charge >= 0.3 is 6.18 Å². The highest BCUT2D eigenvalue weighted by molar-refractivity contribution is 14.1. The highest BCUT2D eigenvalue weighted by Gasteiger charge is 2.33. The molecule has 0 saturated heterocycles. The Hall–Kier alpha value is -1.12. The second-order valence-electron chi connectivity index (χ2n) is 3.50. The molecule has 1 heterocycles. The van der Waals surface area contributed by atoms with Gasteiger partial charge < -0.3 is 4.98 Å². The molecule has 0 fully saturated rings. The van der Waals surface area contributed by atoms with Crippen molar-refractivity contribution in [2.45, 2.75) is 13.1 Å². The van der Waals surface area contributed by atoms with Crippen molar-refractivity contribution in [3.63, 3.8) is 0 Å². The number of H-pyrrole nitrogens is 1. The van der Waals surface area contributed by atoms with E-state index in [4.69, 9.17) is 0 Å². The lowest BCUT2D eigenvalue weighted by Gasteiger charge is -2.10. The number of rotatable bonds is 0. The Morgan fingerprint density at radius 2 is 2.00 bits per heavy atom. The Bertz CT molecular complexity index is 648. The van der Waals surface area contributed by atoms with E-state index in [2.05, 4.69) is 9.97 Å². The van der Waals surface area contributed by atoms with Crippen LogP contribution in [0.2, 0.25) is 0 Å². The average molecular weight is 354 g/mol. The topological polar surface area (TPSA) is 45.8 Å². The van der Waals surface area contributed by atoms with Gasteiger partial charge in [-0.25, -0.2) is 4.98 Å². The summed E-state index contributed by atoms with van der Waals surface area (Å²) >= 11 is 1.56. The van der Waals surface area contributed by atoms with Gasteiger partial charge in [0.25, 0.3) is 5.56 Å². The van der Waals surface area contributed by atoms with Gasteiger partial charge in [0, 0.05) is 3.57 Å². The summed E-state index contributed by atoms with van der Waals surface area (Å²) in [5, 5.41) is 0.160. The van der Waals surface area contributed by atoms with Crippen molar-refractivity contribution in [1.82, 2.24) is 9.97 Å². The quantitative estimate of drug-likeness (QED) is 0.740. The van der Waals surface area contributed by atoms with E-state index < -0.39 is 17.3 Å². The molecule has 0 radical (unpaired) electrons. The van der Waals surface area contributed by atoms with Crippen molar-refractivity contribution in [3.05, 3.63) is 37.4 Å². The lowest BCUT2D eigenvalue weighted by atomic mass is 10.1. The predicted octanol–water partition coefficient (Wildman–Crippen LogP) is 2.85. The van der Waals surface area contributed by atoms with Crippen molar-refractivity contribution in [2.24, 2.45) is 0 Å². The van der Waals surface area contributed by atoms with Crippen LogP contribution in [0.15, 0.2) is 16.9 Å². The van der Waals surface area contributed by atoms with E-state index in [1.54, 1.807) is 22.6 Å². The van der Waals surface area contributed by atoms with Crippen LogP contribution in [0.5, 0.6) is 0 Å². The zero-order chi connectivity index (χ0) is 12.8. The first-order valence-corrected chi connectivity index (χ1v) is 5.64. The van der Waals surface area contributed by atoms with Crippen molar-refractivity contribution < 1.29 is 13.2 Å². The molecule has 0 amide bonds. The van der Waals surface area contributed by atoms with Crippen LogP contribution in [0.4, 0.5) is 13.2 Å². The molecular formula is C10H6F3IN2O. The third-order valence-electron chi connectivity index (χ3n) is 2.22. The highest BCUT2D eigenvalue weighted by Crippen LogP contribution is 2.34. The number of hydrogen-bond acceptors (Lipinski definition) is 2. The first-order chi connectivity index (χ1) is 7.79. The molecule has 2 aromatic rings. The van der Waals surface area contributed by atoms with Crippen LogP contribution in [0.25, 0.3) is 10.9 Å². The van der Waals surface area contributed by atoms with E-state index in [0.29, 0.717) is 0 Å². The normalized spacial score (nSPS) is 12.1. The van der Waals surface area contributed by atoms with Gasteiger partial charge in [-0.3, -0.25) is 4.79 Å². The molecule has 3 nitrogen and oxygen atoms in total. The third-order valence-corrected chi connectivity index (χ3v) is 3.11. The fourth-order valence-electron chi connectivity index (χ4n) is 1.49. The number of halogens is 4. The smallest absolute Gasteiger partial charge is 0.310 e. The SMILES string of the molecule is Cc1nc2cc(C(F)(F)F)c(I)cc2c(=O)[nH]1. The van der Waals surface area contributed by atoms with Gasteiger partial charge in [0.2, 0.25) is 0 Å². The maximum Gasteiger partial charge on any atom is 0.417 e. The van der Waals surface area contributed by atoms with E-state index >= 15 is 0 Å². The molecule has 90 valence electrons. The van der Waals surface area contributed by atoms with Gasteiger partial charge in [0.15, 0.2) is 0 Å². The van der Waals surface area contributed by atoms with Gasteiger partial charge in [-0.1, -0.05) is 0 Å². The van der Waals surface area contributed by atoms with Gasteiger partial charge in [-0.05, 0) is 41.6 Å². The number of fused-ring (bicyclic) bond motifs is 1. The fourth-order valence-corrected chi connectivity index (χ4v) is 2.27. The molecule has 0 bridgehead atoms. The molecule has 0 saturated carbocycles. The number of aryl methyl sites for hydroxylation is 1. The zero-order valence-electron chi connectivity index (χ0n) is 8.52. The minimum absolute atomic E-state index is 0.0150. The molecular weight excluding hydrogens is 348 g/mol. The predicted molar refractivity (Wildman–Crippen MR) is 64.8 cm³/mol. The average Bonchev–Trinajstić information content (AvgIpc) is 2.16. The zero-order valence-corrected chi connectivity index (χ0v) is 10.7. The van der Waals surface area contributed by atoms with Gasteiger partial charge in [-0.2, -0.15) is 13.2 Å². The summed E-state index contributed by atoms with van der Waals surface area (Å²) in [6, 6.07) is 2.10. The van der Waals surface area contributed by atoms with E-state index in [1.165, 1.54) is 13.0 Å². The number of benzene rings is 1. The Kier molecular flexibility index (Phi) is 2.88. The van der Waals surface area contributed by atoms with Crippen LogP contribution < -0.4 is 5.56 Å². The lowest BCUT2D eigenvalue weighted by molar-refractivity contribution is -0.138. The van der Waals surface area contributed by atoms with E-state index in [1.807, 2.05) is 0 Å². The summed E-state index contributed by atoms with van der Waals surface area (Å²) in [4.78, 5) is 17.9. The second-order valence-corrected chi connectivity index (χ2v) is 4.66. The number of nitrogens with one attached hydrogen (secondary N) is 1. The molecule has 1 aromatic heterocycles. The van der Waals surface area contributed by atoms with Gasteiger partial charge in [0.05, 0.1) is 16.5 Å². The molecule has 0 unspecified atom stereocenters. The summed E-state index contributed by atoms with van der Waals surface area (Å²) in [7, 11) is 0. The minimum atomic E-state index is -4.44. The maximum atomic E-state index is 12.7.